The van der Waals surface area contributed by atoms with Crippen molar-refractivity contribution in [2.24, 2.45) is 0 Å². The monoisotopic (exact) mass is 183 g/mol. The average molecular weight is 183 g/mol. The standard InChI is InChI=1S/C9H7F2NO/c1-9(13,5-12)6-3-2-4-7(10)8(6)11/h2-4,13H,1H3/t9-/m0/s1. The van der Waals surface area contributed by atoms with Gasteiger partial charge in [-0.2, -0.15) is 5.26 Å². The Morgan fingerprint density at radius 2 is 2.08 bits per heavy atom. The Kier molecular flexibility index (Phi) is 2.30. The van der Waals surface area contributed by atoms with Crippen LogP contribution in [0.25, 0.3) is 0 Å². The molecule has 0 aromatic heterocycles. The van der Waals surface area contributed by atoms with E-state index in [1.807, 2.05) is 0 Å². The predicted octanol–water partition coefficient (Wildman–Crippen LogP) is 1.70. The number of hydrogen-bond acceptors (Lipinski definition) is 2. The van der Waals surface area contributed by atoms with E-state index in [0.29, 0.717) is 0 Å². The van der Waals surface area contributed by atoms with Gasteiger partial charge in [-0.1, -0.05) is 12.1 Å². The molecule has 0 unspecified atom stereocenters. The quantitative estimate of drug-likeness (QED) is 0.673. The minimum Gasteiger partial charge on any atom is -0.372 e. The Morgan fingerprint density at radius 3 is 2.62 bits per heavy atom. The van der Waals surface area contributed by atoms with E-state index in [0.717, 1.165) is 13.0 Å². The maximum absolute atomic E-state index is 13.0. The third-order valence-electron chi connectivity index (χ3n) is 1.69. The lowest BCUT2D eigenvalue weighted by Gasteiger charge is -2.14. The molecule has 68 valence electrons. The van der Waals surface area contributed by atoms with Crippen molar-refractivity contribution >= 4 is 0 Å². The van der Waals surface area contributed by atoms with Crippen molar-refractivity contribution in [3.05, 3.63) is 35.4 Å². The zero-order valence-electron chi connectivity index (χ0n) is 6.88. The highest BCUT2D eigenvalue weighted by atomic mass is 19.2. The second kappa shape index (κ2) is 3.11. The fourth-order valence-corrected chi connectivity index (χ4v) is 0.940. The molecule has 2 nitrogen and oxygen atoms in total. The van der Waals surface area contributed by atoms with Gasteiger partial charge in [-0.25, -0.2) is 8.78 Å². The molecule has 0 aliphatic heterocycles. The Balaban J connectivity index is 3.33. The maximum Gasteiger partial charge on any atom is 0.176 e. The van der Waals surface area contributed by atoms with Gasteiger partial charge in [0.05, 0.1) is 0 Å². The van der Waals surface area contributed by atoms with Crippen LogP contribution in [0.5, 0.6) is 0 Å². The zero-order valence-corrected chi connectivity index (χ0v) is 6.88. The first-order valence-corrected chi connectivity index (χ1v) is 3.57. The van der Waals surface area contributed by atoms with E-state index in [1.54, 1.807) is 0 Å². The second-order valence-electron chi connectivity index (χ2n) is 2.79. The number of nitrogens with zero attached hydrogens (tertiary/aromatic N) is 1. The summed E-state index contributed by atoms with van der Waals surface area (Å²) in [6.07, 6.45) is 0. The predicted molar refractivity (Wildman–Crippen MR) is 41.5 cm³/mol. The van der Waals surface area contributed by atoms with Crippen LogP contribution in [0.1, 0.15) is 12.5 Å². The summed E-state index contributed by atoms with van der Waals surface area (Å²) in [4.78, 5) is 0. The molecule has 0 fully saturated rings. The van der Waals surface area contributed by atoms with Crippen molar-refractivity contribution in [3.8, 4) is 6.07 Å². The maximum atomic E-state index is 13.0. The topological polar surface area (TPSA) is 44.0 Å². The first-order chi connectivity index (χ1) is 5.99. The van der Waals surface area contributed by atoms with E-state index in [-0.39, 0.29) is 5.56 Å². The minimum absolute atomic E-state index is 0.352. The van der Waals surface area contributed by atoms with Crippen LogP contribution < -0.4 is 0 Å². The van der Waals surface area contributed by atoms with Gasteiger partial charge < -0.3 is 5.11 Å². The highest BCUT2D eigenvalue weighted by Crippen LogP contribution is 2.23. The number of rotatable bonds is 1. The van der Waals surface area contributed by atoms with Gasteiger partial charge in [0.25, 0.3) is 0 Å². The molecule has 1 atom stereocenters. The van der Waals surface area contributed by atoms with Gasteiger partial charge in [-0.15, -0.1) is 0 Å². The van der Waals surface area contributed by atoms with Crippen LogP contribution in [-0.4, -0.2) is 5.11 Å². The van der Waals surface area contributed by atoms with E-state index in [1.165, 1.54) is 18.2 Å². The Bertz CT molecular complexity index is 368. The molecule has 4 heteroatoms. The molecular weight excluding hydrogens is 176 g/mol. The van der Waals surface area contributed by atoms with Gasteiger partial charge in [0.2, 0.25) is 0 Å². The molecule has 0 aliphatic carbocycles. The number of aliphatic hydroxyl groups is 1. The van der Waals surface area contributed by atoms with Crippen molar-refractivity contribution in [1.29, 1.82) is 5.26 Å². The minimum atomic E-state index is -1.99. The van der Waals surface area contributed by atoms with Crippen molar-refractivity contribution in [2.45, 2.75) is 12.5 Å². The van der Waals surface area contributed by atoms with Crippen LogP contribution in [0.15, 0.2) is 18.2 Å². The van der Waals surface area contributed by atoms with Crippen LogP contribution in [0.2, 0.25) is 0 Å². The third-order valence-corrected chi connectivity index (χ3v) is 1.69. The molecule has 0 radical (unpaired) electrons. The lowest BCUT2D eigenvalue weighted by molar-refractivity contribution is 0.114. The lowest BCUT2D eigenvalue weighted by Crippen LogP contribution is -2.20. The first kappa shape index (κ1) is 9.62. The van der Waals surface area contributed by atoms with Crippen molar-refractivity contribution in [3.63, 3.8) is 0 Å². The van der Waals surface area contributed by atoms with Crippen molar-refractivity contribution in [2.75, 3.05) is 0 Å². The Morgan fingerprint density at radius 1 is 1.46 bits per heavy atom. The summed E-state index contributed by atoms with van der Waals surface area (Å²) in [7, 11) is 0. The summed E-state index contributed by atoms with van der Waals surface area (Å²) in [5.41, 5.74) is -2.35. The molecule has 0 spiro atoms. The van der Waals surface area contributed by atoms with Gasteiger partial charge in [0, 0.05) is 5.56 Å². The average Bonchev–Trinajstić information content (AvgIpc) is 2.09. The molecule has 0 saturated carbocycles. The molecule has 1 aromatic carbocycles. The molecule has 1 N–H and O–H groups in total. The van der Waals surface area contributed by atoms with Gasteiger partial charge in [0.1, 0.15) is 6.07 Å². The molecule has 0 heterocycles. The highest BCUT2D eigenvalue weighted by molar-refractivity contribution is 5.29. The van der Waals surface area contributed by atoms with Crippen LogP contribution in [0.4, 0.5) is 8.78 Å². The summed E-state index contributed by atoms with van der Waals surface area (Å²) in [6.45, 7) is 1.10. The second-order valence-corrected chi connectivity index (χ2v) is 2.79. The Hall–Kier alpha value is -1.47. The van der Waals surface area contributed by atoms with E-state index < -0.39 is 17.2 Å². The lowest BCUT2D eigenvalue weighted by atomic mass is 9.97. The molecule has 0 bridgehead atoms. The fraction of sp³-hybridized carbons (Fsp3) is 0.222. The highest BCUT2D eigenvalue weighted by Gasteiger charge is 2.27. The molecule has 1 aromatic rings. The summed E-state index contributed by atoms with van der Waals surface area (Å²) in [6, 6.07) is 4.80. The summed E-state index contributed by atoms with van der Waals surface area (Å²) in [5, 5.41) is 17.8. The summed E-state index contributed by atoms with van der Waals surface area (Å²) >= 11 is 0. The molecular formula is C9H7F2NO. The van der Waals surface area contributed by atoms with Crippen LogP contribution >= 0.6 is 0 Å². The SMILES string of the molecule is C[C@](O)(C#N)c1cccc(F)c1F. The van der Waals surface area contributed by atoms with E-state index in [9.17, 15) is 13.9 Å². The van der Waals surface area contributed by atoms with Gasteiger partial charge in [0.15, 0.2) is 17.2 Å². The molecule has 0 saturated heterocycles. The van der Waals surface area contributed by atoms with Crippen LogP contribution in [-0.2, 0) is 5.60 Å². The summed E-state index contributed by atoms with van der Waals surface area (Å²) < 4.78 is 25.6. The third kappa shape index (κ3) is 1.65. The van der Waals surface area contributed by atoms with Crippen LogP contribution in [0, 0.1) is 23.0 Å². The van der Waals surface area contributed by atoms with Gasteiger partial charge in [-0.3, -0.25) is 0 Å². The number of hydrogen-bond donors (Lipinski definition) is 1. The van der Waals surface area contributed by atoms with Gasteiger partial charge in [-0.05, 0) is 13.0 Å². The summed E-state index contributed by atoms with van der Waals surface area (Å²) in [5.74, 6) is -2.26. The molecule has 0 aliphatic rings. The van der Waals surface area contributed by atoms with E-state index in [4.69, 9.17) is 5.26 Å². The number of halogens is 2. The molecule has 1 rings (SSSR count). The van der Waals surface area contributed by atoms with Crippen molar-refractivity contribution < 1.29 is 13.9 Å². The normalized spacial score (nSPS) is 14.7. The van der Waals surface area contributed by atoms with Gasteiger partial charge >= 0.3 is 0 Å². The number of nitriles is 1. The van der Waals surface area contributed by atoms with E-state index in [2.05, 4.69) is 0 Å². The Labute approximate surface area is 74.0 Å². The smallest absolute Gasteiger partial charge is 0.176 e. The molecule has 0 amide bonds. The fourth-order valence-electron chi connectivity index (χ4n) is 0.940. The van der Waals surface area contributed by atoms with Crippen LogP contribution in [0.3, 0.4) is 0 Å². The van der Waals surface area contributed by atoms with E-state index >= 15 is 0 Å². The largest absolute Gasteiger partial charge is 0.372 e. The zero-order chi connectivity index (χ0) is 10.1. The first-order valence-electron chi connectivity index (χ1n) is 3.57. The van der Waals surface area contributed by atoms with Crippen molar-refractivity contribution in [1.82, 2.24) is 0 Å². The molecule has 13 heavy (non-hydrogen) atoms. The number of benzene rings is 1.